The number of hydrogen-bond acceptors (Lipinski definition) is 2. The van der Waals surface area contributed by atoms with Gasteiger partial charge in [0.25, 0.3) is 5.91 Å². The molecule has 2 aliphatic carbocycles. The first-order chi connectivity index (χ1) is 14.2. The largest absolute Gasteiger partial charge is 0.378 e. The molecule has 3 nitrogen and oxygen atoms in total. The summed E-state index contributed by atoms with van der Waals surface area (Å²) in [6.45, 7) is 4.25. The van der Waals surface area contributed by atoms with Crippen molar-refractivity contribution in [3.8, 4) is 0 Å². The number of hydrogen-bond donors (Lipinski definition) is 2. The van der Waals surface area contributed by atoms with E-state index in [0.29, 0.717) is 17.9 Å². The van der Waals surface area contributed by atoms with Gasteiger partial charge in [-0.05, 0) is 85.6 Å². The minimum absolute atomic E-state index is 0.0682. The van der Waals surface area contributed by atoms with Gasteiger partial charge in [0.15, 0.2) is 0 Å². The number of anilines is 1. The third-order valence-corrected chi connectivity index (χ3v) is 7.61. The molecule has 1 amide bonds. The topological polar surface area (TPSA) is 41.1 Å². The number of amides is 1. The SMILES string of the molecule is CCC[C@H](C)NC(=O)c1ccc2c(c1)[C@@H]1[C@H]3CC[C@@H](C3)[C@@H]1[C@H](c1ccccc1)N2. The Bertz CT molecular complexity index is 893. The van der Waals surface area contributed by atoms with Gasteiger partial charge in [-0.2, -0.15) is 0 Å². The molecule has 0 saturated heterocycles. The molecule has 2 fully saturated rings. The Morgan fingerprint density at radius 3 is 2.72 bits per heavy atom. The fourth-order valence-corrected chi connectivity index (χ4v) is 6.43. The molecule has 0 radical (unpaired) electrons. The summed E-state index contributed by atoms with van der Waals surface area (Å²) in [4.78, 5) is 12.8. The number of nitrogens with one attached hydrogen (secondary N) is 2. The van der Waals surface area contributed by atoms with Crippen LogP contribution in [0.25, 0.3) is 0 Å². The van der Waals surface area contributed by atoms with Crippen LogP contribution in [-0.2, 0) is 0 Å². The predicted molar refractivity (Wildman–Crippen MR) is 118 cm³/mol. The number of rotatable bonds is 5. The van der Waals surface area contributed by atoms with Gasteiger partial charge in [0.05, 0.1) is 6.04 Å². The summed E-state index contributed by atoms with van der Waals surface area (Å²) in [5.41, 5.74) is 4.82. The van der Waals surface area contributed by atoms with Gasteiger partial charge in [0.2, 0.25) is 0 Å². The molecule has 2 N–H and O–H groups in total. The zero-order valence-corrected chi connectivity index (χ0v) is 17.5. The minimum atomic E-state index is 0.0682. The van der Waals surface area contributed by atoms with Crippen molar-refractivity contribution in [3.63, 3.8) is 0 Å². The number of carbonyl (C=O) groups excluding carboxylic acids is 1. The molecule has 2 bridgehead atoms. The second-order valence-electron chi connectivity index (χ2n) is 9.43. The average Bonchev–Trinajstić information content (AvgIpc) is 3.36. The smallest absolute Gasteiger partial charge is 0.251 e. The van der Waals surface area contributed by atoms with Gasteiger partial charge in [0.1, 0.15) is 0 Å². The highest BCUT2D eigenvalue weighted by atomic mass is 16.1. The number of carbonyl (C=O) groups is 1. The molecule has 3 aliphatic rings. The summed E-state index contributed by atoms with van der Waals surface area (Å²) in [6, 6.07) is 17.9. The van der Waals surface area contributed by atoms with E-state index in [9.17, 15) is 4.79 Å². The molecule has 0 unspecified atom stereocenters. The molecule has 6 atom stereocenters. The molecule has 2 aromatic rings. The van der Waals surface area contributed by atoms with Crippen molar-refractivity contribution in [1.82, 2.24) is 5.32 Å². The lowest BCUT2D eigenvalue weighted by Gasteiger charge is -2.43. The van der Waals surface area contributed by atoms with Crippen molar-refractivity contribution in [3.05, 3.63) is 65.2 Å². The Morgan fingerprint density at radius 2 is 1.93 bits per heavy atom. The summed E-state index contributed by atoms with van der Waals surface area (Å²) in [5.74, 6) is 2.86. The van der Waals surface area contributed by atoms with Gasteiger partial charge in [-0.3, -0.25) is 4.79 Å². The van der Waals surface area contributed by atoms with E-state index in [4.69, 9.17) is 0 Å². The van der Waals surface area contributed by atoms with Crippen LogP contribution >= 0.6 is 0 Å². The van der Waals surface area contributed by atoms with E-state index in [0.717, 1.165) is 30.2 Å². The van der Waals surface area contributed by atoms with Crippen LogP contribution < -0.4 is 10.6 Å². The maximum atomic E-state index is 12.8. The highest BCUT2D eigenvalue weighted by molar-refractivity contribution is 5.95. The van der Waals surface area contributed by atoms with Crippen molar-refractivity contribution >= 4 is 11.6 Å². The first-order valence-electron chi connectivity index (χ1n) is 11.4. The van der Waals surface area contributed by atoms with Crippen LogP contribution in [0, 0.1) is 17.8 Å². The molecular weight excluding hydrogens is 356 g/mol. The molecule has 29 heavy (non-hydrogen) atoms. The van der Waals surface area contributed by atoms with Crippen LogP contribution in [0.2, 0.25) is 0 Å². The molecule has 3 heteroatoms. The number of benzene rings is 2. The van der Waals surface area contributed by atoms with Crippen LogP contribution in [0.15, 0.2) is 48.5 Å². The summed E-state index contributed by atoms with van der Waals surface area (Å²) >= 11 is 0. The molecule has 5 rings (SSSR count). The van der Waals surface area contributed by atoms with E-state index in [1.807, 2.05) is 6.07 Å². The van der Waals surface area contributed by atoms with Gasteiger partial charge >= 0.3 is 0 Å². The van der Waals surface area contributed by atoms with Crippen LogP contribution in [0.4, 0.5) is 5.69 Å². The Balaban J connectivity index is 1.48. The Labute approximate surface area is 174 Å². The van der Waals surface area contributed by atoms with E-state index >= 15 is 0 Å². The van der Waals surface area contributed by atoms with E-state index in [-0.39, 0.29) is 11.9 Å². The lowest BCUT2D eigenvalue weighted by atomic mass is 9.68. The maximum absolute atomic E-state index is 12.8. The second-order valence-corrected chi connectivity index (χ2v) is 9.43. The highest BCUT2D eigenvalue weighted by Gasteiger charge is 2.53. The van der Waals surface area contributed by atoms with Gasteiger partial charge < -0.3 is 10.6 Å². The quantitative estimate of drug-likeness (QED) is 0.669. The maximum Gasteiger partial charge on any atom is 0.251 e. The van der Waals surface area contributed by atoms with Crippen LogP contribution in [0.3, 0.4) is 0 Å². The average molecular weight is 389 g/mol. The molecule has 1 heterocycles. The van der Waals surface area contributed by atoms with Crippen LogP contribution in [0.1, 0.15) is 79.4 Å². The van der Waals surface area contributed by atoms with E-state index < -0.39 is 0 Å². The predicted octanol–water partition coefficient (Wildman–Crippen LogP) is 5.90. The highest BCUT2D eigenvalue weighted by Crippen LogP contribution is 2.63. The van der Waals surface area contributed by atoms with E-state index in [2.05, 4.69) is 66.9 Å². The summed E-state index contributed by atoms with van der Waals surface area (Å²) in [5, 5.41) is 7.04. The van der Waals surface area contributed by atoms with Crippen molar-refractivity contribution in [2.24, 2.45) is 17.8 Å². The first-order valence-corrected chi connectivity index (χ1v) is 11.4. The van der Waals surface area contributed by atoms with Gasteiger partial charge in [0, 0.05) is 17.3 Å². The van der Waals surface area contributed by atoms with Gasteiger partial charge in [-0.15, -0.1) is 0 Å². The molecule has 0 spiro atoms. The first kappa shape index (κ1) is 18.7. The summed E-state index contributed by atoms with van der Waals surface area (Å²) < 4.78 is 0. The molecule has 0 aromatic heterocycles. The van der Waals surface area contributed by atoms with Crippen LogP contribution in [-0.4, -0.2) is 11.9 Å². The number of fused-ring (bicyclic) bond motifs is 7. The molecule has 2 saturated carbocycles. The van der Waals surface area contributed by atoms with E-state index in [1.54, 1.807) is 0 Å². The molecule has 2 aromatic carbocycles. The van der Waals surface area contributed by atoms with Crippen molar-refractivity contribution in [1.29, 1.82) is 0 Å². The third-order valence-electron chi connectivity index (χ3n) is 7.61. The standard InChI is InChI=1S/C26H32N2O/c1-3-7-16(2)27-26(29)20-12-13-22-21(15-20)23-18-10-11-19(14-18)24(23)25(28-22)17-8-5-4-6-9-17/h4-6,8-9,12-13,15-16,18-19,23-25,28H,3,7,10-11,14H2,1-2H3,(H,27,29)/t16-,18-,19-,23-,24-,25-/m0/s1. The molecular formula is C26H32N2O. The zero-order chi connectivity index (χ0) is 20.0. The zero-order valence-electron chi connectivity index (χ0n) is 17.5. The van der Waals surface area contributed by atoms with Crippen molar-refractivity contribution in [2.45, 2.75) is 64.0 Å². The fraction of sp³-hybridized carbons (Fsp3) is 0.500. The van der Waals surface area contributed by atoms with Crippen LogP contribution in [0.5, 0.6) is 0 Å². The summed E-state index contributed by atoms with van der Waals surface area (Å²) in [7, 11) is 0. The monoisotopic (exact) mass is 388 g/mol. The lowest BCUT2D eigenvalue weighted by molar-refractivity contribution is 0.0938. The minimum Gasteiger partial charge on any atom is -0.378 e. The summed E-state index contributed by atoms with van der Waals surface area (Å²) in [6.07, 6.45) is 6.16. The van der Waals surface area contributed by atoms with Crippen molar-refractivity contribution < 1.29 is 4.79 Å². The Kier molecular flexibility index (Phi) is 4.85. The lowest BCUT2D eigenvalue weighted by Crippen LogP contribution is -2.36. The fourth-order valence-electron chi connectivity index (χ4n) is 6.43. The molecule has 152 valence electrons. The Hall–Kier alpha value is -2.29. The van der Waals surface area contributed by atoms with Gasteiger partial charge in [-0.25, -0.2) is 0 Å². The second kappa shape index (κ2) is 7.51. The van der Waals surface area contributed by atoms with Gasteiger partial charge in [-0.1, -0.05) is 43.7 Å². The Morgan fingerprint density at radius 1 is 1.14 bits per heavy atom. The normalized spacial score (nSPS) is 30.2. The van der Waals surface area contributed by atoms with Crippen molar-refractivity contribution in [2.75, 3.05) is 5.32 Å². The third kappa shape index (κ3) is 3.25. The molecule has 1 aliphatic heterocycles. The van der Waals surface area contributed by atoms with E-state index in [1.165, 1.54) is 36.1 Å².